The van der Waals surface area contributed by atoms with E-state index in [-0.39, 0.29) is 0 Å². The molecule has 0 aliphatic carbocycles. The van der Waals surface area contributed by atoms with Gasteiger partial charge in [-0.3, -0.25) is 0 Å². The van der Waals surface area contributed by atoms with E-state index in [1.54, 1.807) is 18.2 Å². The zero-order valence-corrected chi connectivity index (χ0v) is 15.0. The molecule has 0 fully saturated rings. The lowest BCUT2D eigenvalue weighted by Gasteiger charge is -2.10. The molecule has 0 amide bonds. The van der Waals surface area contributed by atoms with Gasteiger partial charge in [0.2, 0.25) is 0 Å². The van der Waals surface area contributed by atoms with Gasteiger partial charge in [0.15, 0.2) is 21.6 Å². The molecular weight excluding hydrogens is 377 g/mol. The van der Waals surface area contributed by atoms with Crippen LogP contribution in [0.3, 0.4) is 0 Å². The molecule has 2 aromatic carbocycles. The van der Waals surface area contributed by atoms with Crippen LogP contribution >= 0.6 is 34.5 Å². The molecule has 4 rings (SSSR count). The molecule has 8 heteroatoms. The van der Waals surface area contributed by atoms with Gasteiger partial charge in [-0.25, -0.2) is 15.0 Å². The molecule has 5 nitrogen and oxygen atoms in total. The van der Waals surface area contributed by atoms with Gasteiger partial charge < -0.3 is 11.1 Å². The number of anilines is 3. The van der Waals surface area contributed by atoms with Crippen molar-refractivity contribution in [2.75, 3.05) is 11.1 Å². The van der Waals surface area contributed by atoms with Crippen LogP contribution in [0.5, 0.6) is 0 Å². The third kappa shape index (κ3) is 3.11. The van der Waals surface area contributed by atoms with Gasteiger partial charge in [0.05, 0.1) is 15.6 Å². The highest BCUT2D eigenvalue weighted by Gasteiger charge is 2.17. The second-order valence-electron chi connectivity index (χ2n) is 5.19. The van der Waals surface area contributed by atoms with Crippen molar-refractivity contribution in [2.24, 2.45) is 0 Å². The van der Waals surface area contributed by atoms with Gasteiger partial charge in [-0.2, -0.15) is 0 Å². The molecule has 0 bridgehead atoms. The average Bonchev–Trinajstić information content (AvgIpc) is 2.96. The molecule has 0 aliphatic rings. The smallest absolute Gasteiger partial charge is 0.182 e. The third-order valence-corrected chi connectivity index (χ3v) is 4.91. The van der Waals surface area contributed by atoms with E-state index in [0.29, 0.717) is 42.7 Å². The summed E-state index contributed by atoms with van der Waals surface area (Å²) in [5, 5.41) is 4.64. The lowest BCUT2D eigenvalue weighted by molar-refractivity contribution is 1.22. The van der Waals surface area contributed by atoms with Gasteiger partial charge in [0.25, 0.3) is 0 Å². The SMILES string of the molecule is Nc1nc2c(Nc3ccccc3)nc(-c3c(Cl)cccc3Cl)nc2s1. The first-order chi connectivity index (χ1) is 12.1. The maximum atomic E-state index is 6.31. The Morgan fingerprint density at radius 1 is 0.880 bits per heavy atom. The monoisotopic (exact) mass is 387 g/mol. The quantitative estimate of drug-likeness (QED) is 0.492. The highest BCUT2D eigenvalue weighted by atomic mass is 35.5. The first kappa shape index (κ1) is 16.1. The van der Waals surface area contributed by atoms with E-state index in [1.807, 2.05) is 30.3 Å². The van der Waals surface area contributed by atoms with E-state index in [1.165, 1.54) is 11.3 Å². The Labute approximate surface area is 157 Å². The standard InChI is InChI=1S/C17H11Cl2N5S/c18-10-7-4-8-11(19)12(10)14-23-15(21-9-5-2-1-3-6-9)13-16(24-14)25-17(20)22-13/h1-8H,(H2,20,22)(H,21,23,24). The predicted molar refractivity (Wildman–Crippen MR) is 105 cm³/mol. The fraction of sp³-hybridized carbons (Fsp3) is 0. The number of halogens is 2. The minimum Gasteiger partial charge on any atom is -0.375 e. The molecule has 4 aromatic rings. The van der Waals surface area contributed by atoms with Crippen LogP contribution in [0.2, 0.25) is 10.0 Å². The molecule has 0 unspecified atom stereocenters. The van der Waals surface area contributed by atoms with Gasteiger partial charge in [-0.1, -0.05) is 58.8 Å². The summed E-state index contributed by atoms with van der Waals surface area (Å²) >= 11 is 13.9. The van der Waals surface area contributed by atoms with Crippen molar-refractivity contribution in [3.63, 3.8) is 0 Å². The minimum absolute atomic E-state index is 0.419. The Balaban J connectivity index is 1.92. The van der Waals surface area contributed by atoms with Crippen LogP contribution in [0.1, 0.15) is 0 Å². The summed E-state index contributed by atoms with van der Waals surface area (Å²) in [5.41, 5.74) is 7.93. The Hall–Kier alpha value is -2.41. The zero-order valence-electron chi connectivity index (χ0n) is 12.7. The lowest BCUT2D eigenvalue weighted by atomic mass is 10.2. The number of nitrogens with two attached hydrogens (primary N) is 1. The number of hydrogen-bond donors (Lipinski definition) is 2. The Bertz CT molecular complexity index is 1050. The van der Waals surface area contributed by atoms with Gasteiger partial charge in [-0.15, -0.1) is 0 Å². The zero-order chi connectivity index (χ0) is 17.4. The van der Waals surface area contributed by atoms with Crippen molar-refractivity contribution < 1.29 is 0 Å². The van der Waals surface area contributed by atoms with E-state index in [4.69, 9.17) is 28.9 Å². The number of thiazole rings is 1. The minimum atomic E-state index is 0.419. The van der Waals surface area contributed by atoms with Crippen LogP contribution in [-0.4, -0.2) is 15.0 Å². The normalized spacial score (nSPS) is 11.0. The van der Waals surface area contributed by atoms with Crippen molar-refractivity contribution >= 4 is 61.5 Å². The molecule has 3 N–H and O–H groups in total. The van der Waals surface area contributed by atoms with Crippen LogP contribution in [0.4, 0.5) is 16.6 Å². The van der Waals surface area contributed by atoms with E-state index >= 15 is 0 Å². The highest BCUT2D eigenvalue weighted by molar-refractivity contribution is 7.21. The van der Waals surface area contributed by atoms with E-state index in [2.05, 4.69) is 20.3 Å². The maximum absolute atomic E-state index is 6.31. The Morgan fingerprint density at radius 2 is 1.60 bits per heavy atom. The molecule has 0 aliphatic heterocycles. The van der Waals surface area contributed by atoms with Gasteiger partial charge >= 0.3 is 0 Å². The molecule has 0 radical (unpaired) electrons. The van der Waals surface area contributed by atoms with Crippen molar-refractivity contribution in [3.8, 4) is 11.4 Å². The second kappa shape index (κ2) is 6.48. The largest absolute Gasteiger partial charge is 0.375 e. The molecule has 0 atom stereocenters. The topological polar surface area (TPSA) is 76.7 Å². The molecule has 2 heterocycles. The summed E-state index contributed by atoms with van der Waals surface area (Å²) in [6.45, 7) is 0. The van der Waals surface area contributed by atoms with Crippen LogP contribution in [0, 0.1) is 0 Å². The van der Waals surface area contributed by atoms with Crippen LogP contribution in [0.25, 0.3) is 21.7 Å². The summed E-state index contributed by atoms with van der Waals surface area (Å²) < 4.78 is 0. The molecule has 0 saturated heterocycles. The number of benzene rings is 2. The maximum Gasteiger partial charge on any atom is 0.182 e. The molecule has 124 valence electrons. The number of rotatable bonds is 3. The van der Waals surface area contributed by atoms with E-state index in [0.717, 1.165) is 5.69 Å². The number of hydrogen-bond acceptors (Lipinski definition) is 6. The number of para-hydroxylation sites is 1. The fourth-order valence-electron chi connectivity index (χ4n) is 2.41. The Kier molecular flexibility index (Phi) is 4.17. The van der Waals surface area contributed by atoms with Gasteiger partial charge in [0, 0.05) is 5.69 Å². The number of aromatic nitrogens is 3. The molecular formula is C17H11Cl2N5S. The first-order valence-corrected chi connectivity index (χ1v) is 8.89. The third-order valence-electron chi connectivity index (χ3n) is 3.50. The summed E-state index contributed by atoms with van der Waals surface area (Å²) in [7, 11) is 0. The fourth-order valence-corrected chi connectivity index (χ4v) is 3.68. The highest BCUT2D eigenvalue weighted by Crippen LogP contribution is 2.36. The molecule has 0 saturated carbocycles. The first-order valence-electron chi connectivity index (χ1n) is 7.32. The van der Waals surface area contributed by atoms with Crippen molar-refractivity contribution in [1.29, 1.82) is 0 Å². The van der Waals surface area contributed by atoms with Crippen LogP contribution in [-0.2, 0) is 0 Å². The number of nitrogens with zero attached hydrogens (tertiary/aromatic N) is 3. The van der Waals surface area contributed by atoms with Crippen molar-refractivity contribution in [3.05, 3.63) is 58.6 Å². The summed E-state index contributed by atoms with van der Waals surface area (Å²) in [6, 6.07) is 15.0. The second-order valence-corrected chi connectivity index (χ2v) is 7.01. The summed E-state index contributed by atoms with van der Waals surface area (Å²) in [4.78, 5) is 14.1. The lowest BCUT2D eigenvalue weighted by Crippen LogP contribution is -1.99. The van der Waals surface area contributed by atoms with Crippen LogP contribution < -0.4 is 11.1 Å². The van der Waals surface area contributed by atoms with E-state index < -0.39 is 0 Å². The molecule has 25 heavy (non-hydrogen) atoms. The van der Waals surface area contributed by atoms with Crippen molar-refractivity contribution in [2.45, 2.75) is 0 Å². The van der Waals surface area contributed by atoms with Gasteiger partial charge in [-0.05, 0) is 24.3 Å². The number of nitrogen functional groups attached to an aromatic ring is 1. The van der Waals surface area contributed by atoms with Gasteiger partial charge in [0.1, 0.15) is 5.52 Å². The Morgan fingerprint density at radius 3 is 2.32 bits per heavy atom. The van der Waals surface area contributed by atoms with E-state index in [9.17, 15) is 0 Å². The molecule has 2 aromatic heterocycles. The molecule has 0 spiro atoms. The average molecular weight is 388 g/mol. The van der Waals surface area contributed by atoms with Crippen molar-refractivity contribution in [1.82, 2.24) is 15.0 Å². The number of nitrogens with one attached hydrogen (secondary N) is 1. The number of fused-ring (bicyclic) bond motifs is 1. The predicted octanol–water partition coefficient (Wildman–Crippen LogP) is 5.39. The van der Waals surface area contributed by atoms with Crippen LogP contribution in [0.15, 0.2) is 48.5 Å². The summed E-state index contributed by atoms with van der Waals surface area (Å²) in [6.07, 6.45) is 0. The summed E-state index contributed by atoms with van der Waals surface area (Å²) in [5.74, 6) is 0.973.